The van der Waals surface area contributed by atoms with Gasteiger partial charge in [0.1, 0.15) is 23.0 Å². The Morgan fingerprint density at radius 3 is 2.05 bits per heavy atom. The van der Waals surface area contributed by atoms with E-state index in [9.17, 15) is 18.0 Å². The van der Waals surface area contributed by atoms with Crippen LogP contribution in [0.15, 0.2) is 58.3 Å². The molecule has 2 amide bonds. The fraction of sp³-hybridized carbons (Fsp3) is 0.517. The monoisotopic (exact) mass is 558 g/mol. The highest BCUT2D eigenvalue weighted by Gasteiger charge is 2.50. The maximum absolute atomic E-state index is 13.8. The van der Waals surface area contributed by atoms with Crippen molar-refractivity contribution >= 4 is 22.0 Å². The van der Waals surface area contributed by atoms with Crippen molar-refractivity contribution in [1.29, 1.82) is 0 Å². The third-order valence-electron chi connectivity index (χ3n) is 6.76. The molecule has 0 N–H and O–H groups in total. The van der Waals surface area contributed by atoms with Gasteiger partial charge in [-0.25, -0.2) is 18.0 Å². The van der Waals surface area contributed by atoms with Gasteiger partial charge in [0.2, 0.25) is 0 Å². The second-order valence-electron chi connectivity index (χ2n) is 12.1. The highest BCUT2D eigenvalue weighted by Crippen LogP contribution is 2.53. The van der Waals surface area contributed by atoms with Crippen LogP contribution in [-0.2, 0) is 19.3 Å². The Kier molecular flexibility index (Phi) is 7.40. The fourth-order valence-corrected chi connectivity index (χ4v) is 5.99. The summed E-state index contributed by atoms with van der Waals surface area (Å²) in [6, 6.07) is 6.66. The first-order chi connectivity index (χ1) is 18.0. The van der Waals surface area contributed by atoms with Crippen molar-refractivity contribution in [3.63, 3.8) is 0 Å². The Morgan fingerprint density at radius 1 is 0.923 bits per heavy atom. The first-order valence-electron chi connectivity index (χ1n) is 13.0. The molecule has 0 radical (unpaired) electrons. The van der Waals surface area contributed by atoms with E-state index in [1.165, 1.54) is 11.2 Å². The minimum absolute atomic E-state index is 0.241. The number of amides is 2. The van der Waals surface area contributed by atoms with Gasteiger partial charge in [0.25, 0.3) is 0 Å². The zero-order chi connectivity index (χ0) is 28.9. The lowest BCUT2D eigenvalue weighted by atomic mass is 9.85. The number of hydrogen-bond donors (Lipinski definition) is 0. The molecule has 212 valence electrons. The van der Waals surface area contributed by atoms with Gasteiger partial charge >= 0.3 is 12.2 Å². The van der Waals surface area contributed by atoms with E-state index in [0.29, 0.717) is 35.0 Å². The van der Waals surface area contributed by atoms with Crippen LogP contribution >= 0.6 is 0 Å². The van der Waals surface area contributed by atoms with Crippen molar-refractivity contribution < 1.29 is 32.2 Å². The Labute approximate surface area is 231 Å². The lowest BCUT2D eigenvalue weighted by Gasteiger charge is -2.40. The summed E-state index contributed by atoms with van der Waals surface area (Å²) in [6.45, 7) is 11.1. The van der Waals surface area contributed by atoms with Gasteiger partial charge in [-0.3, -0.25) is 9.80 Å². The average molecular weight is 559 g/mol. The van der Waals surface area contributed by atoms with E-state index in [1.807, 2.05) is 32.9 Å². The summed E-state index contributed by atoms with van der Waals surface area (Å²) in [6.07, 6.45) is 4.06. The minimum Gasteiger partial charge on any atom is -0.497 e. The van der Waals surface area contributed by atoms with Crippen LogP contribution in [-0.4, -0.2) is 61.5 Å². The van der Waals surface area contributed by atoms with E-state index in [-0.39, 0.29) is 12.3 Å². The molecule has 2 heterocycles. The number of benzene rings is 1. The molecule has 9 nitrogen and oxygen atoms in total. The number of sulfone groups is 1. The number of carbonyl (C=O) groups excluding carboxylic acids is 2. The number of allylic oxidation sites excluding steroid dienone is 4. The summed E-state index contributed by atoms with van der Waals surface area (Å²) in [5, 5.41) is 0. The summed E-state index contributed by atoms with van der Waals surface area (Å²) >= 11 is 0. The molecule has 2 aliphatic heterocycles. The van der Waals surface area contributed by atoms with E-state index < -0.39 is 39.3 Å². The predicted molar refractivity (Wildman–Crippen MR) is 148 cm³/mol. The number of methoxy groups -OCH3 is 1. The molecule has 0 saturated carbocycles. The normalized spacial score (nSPS) is 21.5. The van der Waals surface area contributed by atoms with Gasteiger partial charge in [-0.1, -0.05) is 12.1 Å². The molecule has 10 heteroatoms. The fourth-order valence-electron chi connectivity index (χ4n) is 5.21. The van der Waals surface area contributed by atoms with Crippen LogP contribution in [0.1, 0.15) is 66.0 Å². The Balaban J connectivity index is 1.90. The predicted octanol–water partition coefficient (Wildman–Crippen LogP) is 5.71. The maximum Gasteiger partial charge on any atom is 0.419 e. The molecule has 2 atom stereocenters. The first kappa shape index (κ1) is 28.7. The molecule has 0 spiro atoms. The molecule has 0 aromatic heterocycles. The maximum atomic E-state index is 13.8. The Bertz CT molecular complexity index is 1360. The highest BCUT2D eigenvalue weighted by atomic mass is 32.2. The molecule has 2 unspecified atom stereocenters. The summed E-state index contributed by atoms with van der Waals surface area (Å²) in [5.74, 6) is 0.324. The van der Waals surface area contributed by atoms with E-state index in [0.717, 1.165) is 11.1 Å². The quantitative estimate of drug-likeness (QED) is 0.468. The standard InChI is InChI=1S/C29H38N2O7S/c1-28(2,3)37-26(32)30-16-15-21-22-17-20(39(8,34)35)13-14-23(22)31(27(33)38-29(4,5)6)25(21)24(30)18-9-11-19(36-7)12-10-18/h9-14,22,24H,15-17H2,1-8H3. The van der Waals surface area contributed by atoms with E-state index >= 15 is 0 Å². The largest absolute Gasteiger partial charge is 0.497 e. The van der Waals surface area contributed by atoms with Crippen molar-refractivity contribution in [2.75, 3.05) is 19.9 Å². The summed E-state index contributed by atoms with van der Waals surface area (Å²) in [5.41, 5.74) is 1.44. The Hall–Kier alpha value is -3.27. The summed E-state index contributed by atoms with van der Waals surface area (Å²) in [4.78, 5) is 30.8. The number of rotatable bonds is 3. The molecule has 39 heavy (non-hydrogen) atoms. The van der Waals surface area contributed by atoms with Gasteiger partial charge in [0, 0.05) is 29.3 Å². The number of hydrogen-bond acceptors (Lipinski definition) is 7. The van der Waals surface area contributed by atoms with Crippen molar-refractivity contribution in [2.45, 2.75) is 71.6 Å². The molecule has 3 aliphatic rings. The zero-order valence-corrected chi connectivity index (χ0v) is 24.7. The molecule has 0 bridgehead atoms. The average Bonchev–Trinajstić information content (AvgIpc) is 3.15. The number of nitrogens with zero attached hydrogens (tertiary/aromatic N) is 2. The lowest BCUT2D eigenvalue weighted by Crippen LogP contribution is -2.45. The number of carbonyl (C=O) groups is 2. The molecule has 1 aromatic carbocycles. The molecular formula is C29H38N2O7S. The molecule has 0 saturated heterocycles. The van der Waals surface area contributed by atoms with Crippen LogP contribution in [0.3, 0.4) is 0 Å². The van der Waals surface area contributed by atoms with Crippen LogP contribution in [0.4, 0.5) is 9.59 Å². The molecular weight excluding hydrogens is 520 g/mol. The third kappa shape index (κ3) is 6.00. The van der Waals surface area contributed by atoms with Crippen molar-refractivity contribution in [3.8, 4) is 5.75 Å². The topological polar surface area (TPSA) is 102 Å². The van der Waals surface area contributed by atoms with Gasteiger partial charge in [0.05, 0.1) is 12.8 Å². The molecule has 1 aromatic rings. The van der Waals surface area contributed by atoms with Gasteiger partial charge in [-0.2, -0.15) is 0 Å². The van der Waals surface area contributed by atoms with E-state index in [2.05, 4.69) is 0 Å². The summed E-state index contributed by atoms with van der Waals surface area (Å²) < 4.78 is 41.9. The second kappa shape index (κ2) is 10.0. The smallest absolute Gasteiger partial charge is 0.419 e. The van der Waals surface area contributed by atoms with Gasteiger partial charge in [-0.05, 0) is 89.8 Å². The zero-order valence-electron chi connectivity index (χ0n) is 23.9. The van der Waals surface area contributed by atoms with Crippen LogP contribution in [0.5, 0.6) is 5.75 Å². The van der Waals surface area contributed by atoms with Gasteiger partial charge in [-0.15, -0.1) is 0 Å². The van der Waals surface area contributed by atoms with Crippen molar-refractivity contribution in [3.05, 3.63) is 63.9 Å². The second-order valence-corrected chi connectivity index (χ2v) is 14.1. The van der Waals surface area contributed by atoms with Crippen LogP contribution in [0.2, 0.25) is 0 Å². The lowest BCUT2D eigenvalue weighted by molar-refractivity contribution is 0.0119. The SMILES string of the molecule is COc1ccc(C2C3=C(CCN2C(=O)OC(C)(C)C)C2CC(S(C)(=O)=O)=CC=C2N3C(=O)OC(C)(C)C)cc1. The van der Waals surface area contributed by atoms with Crippen LogP contribution in [0, 0.1) is 5.92 Å². The first-order valence-corrected chi connectivity index (χ1v) is 14.9. The van der Waals surface area contributed by atoms with E-state index in [1.54, 1.807) is 57.1 Å². The number of fused-ring (bicyclic) bond motifs is 2. The summed E-state index contributed by atoms with van der Waals surface area (Å²) in [7, 11) is -1.85. The van der Waals surface area contributed by atoms with Gasteiger partial charge < -0.3 is 14.2 Å². The molecule has 4 rings (SSSR count). The van der Waals surface area contributed by atoms with Crippen molar-refractivity contribution in [1.82, 2.24) is 9.80 Å². The van der Waals surface area contributed by atoms with E-state index in [4.69, 9.17) is 14.2 Å². The Morgan fingerprint density at radius 2 is 1.51 bits per heavy atom. The van der Waals surface area contributed by atoms with Gasteiger partial charge in [0.15, 0.2) is 9.84 Å². The third-order valence-corrected chi connectivity index (χ3v) is 8.01. The van der Waals surface area contributed by atoms with Crippen LogP contribution in [0.25, 0.3) is 0 Å². The van der Waals surface area contributed by atoms with Crippen molar-refractivity contribution in [2.24, 2.45) is 5.92 Å². The minimum atomic E-state index is -3.43. The molecule has 0 fully saturated rings. The van der Waals surface area contributed by atoms with Crippen LogP contribution < -0.4 is 4.74 Å². The molecule has 1 aliphatic carbocycles. The number of ether oxygens (including phenoxy) is 3. The highest BCUT2D eigenvalue weighted by molar-refractivity contribution is 7.94.